The molecule has 1 heterocycles. The summed E-state index contributed by atoms with van der Waals surface area (Å²) in [4.78, 5) is 36.9. The third-order valence-electron chi connectivity index (χ3n) is 1.84. The number of nitrogens with zero attached hydrogens (tertiary/aromatic N) is 1. The van der Waals surface area contributed by atoms with E-state index in [0.717, 1.165) is 0 Å². The van der Waals surface area contributed by atoms with Gasteiger partial charge in [-0.3, -0.25) is 14.4 Å². The molecule has 1 unspecified atom stereocenters. The highest BCUT2D eigenvalue weighted by Gasteiger charge is 2.44. The van der Waals surface area contributed by atoms with E-state index in [1.807, 2.05) is 0 Å². The number of alkyl halides is 3. The van der Waals surface area contributed by atoms with Crippen LogP contribution in [0.15, 0.2) is 0 Å². The summed E-state index contributed by atoms with van der Waals surface area (Å²) in [6.07, 6.45) is -2.17. The summed E-state index contributed by atoms with van der Waals surface area (Å²) in [6.45, 7) is 0. The molecule has 0 aromatic rings. The van der Waals surface area contributed by atoms with Crippen LogP contribution in [0, 0.1) is 5.92 Å². The monoisotopic (exact) mass is 289 g/mol. The molecule has 1 aliphatic heterocycles. The molecule has 0 spiro atoms. The van der Waals surface area contributed by atoms with Crippen molar-refractivity contribution in [1.82, 2.24) is 5.06 Å². The SMILES string of the molecule is O=C(O)ON1C(=O)CC(CC(Cl)(Cl)Cl)C1=O. The van der Waals surface area contributed by atoms with E-state index in [2.05, 4.69) is 4.84 Å². The Morgan fingerprint density at radius 1 is 1.50 bits per heavy atom. The van der Waals surface area contributed by atoms with Crippen molar-refractivity contribution in [1.29, 1.82) is 0 Å². The van der Waals surface area contributed by atoms with Crippen LogP contribution < -0.4 is 0 Å². The third kappa shape index (κ3) is 3.40. The highest BCUT2D eigenvalue weighted by atomic mass is 35.6. The van der Waals surface area contributed by atoms with Gasteiger partial charge in [0, 0.05) is 12.8 Å². The summed E-state index contributed by atoms with van der Waals surface area (Å²) in [7, 11) is 0. The first-order valence-corrected chi connectivity index (χ1v) is 5.18. The van der Waals surface area contributed by atoms with Crippen molar-refractivity contribution in [2.75, 3.05) is 0 Å². The lowest BCUT2D eigenvalue weighted by molar-refractivity contribution is -0.176. The maximum absolute atomic E-state index is 11.5. The number of rotatable bonds is 2. The number of carbonyl (C=O) groups is 3. The number of carbonyl (C=O) groups excluding carboxylic acids is 2. The lowest BCUT2D eigenvalue weighted by Crippen LogP contribution is -2.33. The van der Waals surface area contributed by atoms with Crippen molar-refractivity contribution in [2.24, 2.45) is 5.92 Å². The Morgan fingerprint density at radius 3 is 2.50 bits per heavy atom. The minimum atomic E-state index is -1.75. The zero-order valence-electron chi connectivity index (χ0n) is 7.65. The minimum absolute atomic E-state index is 0.170. The Balaban J connectivity index is 2.71. The highest BCUT2D eigenvalue weighted by molar-refractivity contribution is 6.67. The molecule has 0 aromatic carbocycles. The van der Waals surface area contributed by atoms with Crippen molar-refractivity contribution < 1.29 is 24.3 Å². The van der Waals surface area contributed by atoms with Crippen LogP contribution in [0.4, 0.5) is 4.79 Å². The van der Waals surface area contributed by atoms with Crippen LogP contribution in [0.3, 0.4) is 0 Å². The van der Waals surface area contributed by atoms with Crippen LogP contribution in [0.25, 0.3) is 0 Å². The maximum atomic E-state index is 11.5. The minimum Gasteiger partial charge on any atom is -0.448 e. The number of hydrogen-bond acceptors (Lipinski definition) is 4. The van der Waals surface area contributed by atoms with Crippen molar-refractivity contribution in [2.45, 2.75) is 16.6 Å². The first-order chi connectivity index (χ1) is 7.20. The number of carboxylic acid groups (broad SMARTS) is 1. The molecule has 6 nitrogen and oxygen atoms in total. The fraction of sp³-hybridized carbons (Fsp3) is 0.571. The lowest BCUT2D eigenvalue weighted by atomic mass is 10.1. The van der Waals surface area contributed by atoms with Crippen molar-refractivity contribution in [3.63, 3.8) is 0 Å². The number of imide groups is 1. The Labute approximate surface area is 105 Å². The molecule has 0 aromatic heterocycles. The van der Waals surface area contributed by atoms with Gasteiger partial charge in [0.2, 0.25) is 0 Å². The predicted octanol–water partition coefficient (Wildman–Crippen LogP) is 1.73. The second-order valence-corrected chi connectivity index (χ2v) is 5.62. The maximum Gasteiger partial charge on any atom is 0.531 e. The van der Waals surface area contributed by atoms with Gasteiger partial charge in [-0.15, -0.1) is 0 Å². The molecule has 1 fully saturated rings. The van der Waals surface area contributed by atoms with E-state index in [9.17, 15) is 14.4 Å². The largest absolute Gasteiger partial charge is 0.531 e. The Bertz CT molecular complexity index is 339. The number of halogens is 3. The van der Waals surface area contributed by atoms with E-state index in [4.69, 9.17) is 39.9 Å². The summed E-state index contributed by atoms with van der Waals surface area (Å²) in [6, 6.07) is 0. The summed E-state index contributed by atoms with van der Waals surface area (Å²) in [5, 5.41) is 8.45. The molecule has 1 saturated heterocycles. The first-order valence-electron chi connectivity index (χ1n) is 4.05. The van der Waals surface area contributed by atoms with Gasteiger partial charge in [-0.2, -0.15) is 0 Å². The van der Waals surface area contributed by atoms with E-state index in [-0.39, 0.29) is 17.9 Å². The topological polar surface area (TPSA) is 83.9 Å². The molecular weight excluding hydrogens is 284 g/mol. The molecule has 16 heavy (non-hydrogen) atoms. The molecule has 1 aliphatic rings. The summed E-state index contributed by atoms with van der Waals surface area (Å²) in [5.41, 5.74) is 0. The van der Waals surface area contributed by atoms with Crippen LogP contribution in [0.2, 0.25) is 0 Å². The van der Waals surface area contributed by atoms with Crippen LogP contribution in [-0.2, 0) is 14.4 Å². The second kappa shape index (κ2) is 4.65. The first kappa shape index (κ1) is 13.3. The number of amides is 2. The molecule has 0 aliphatic carbocycles. The third-order valence-corrected chi connectivity index (χ3v) is 2.31. The normalized spacial score (nSPS) is 21.4. The van der Waals surface area contributed by atoms with Gasteiger partial charge in [0.1, 0.15) is 0 Å². The summed E-state index contributed by atoms with van der Waals surface area (Å²) < 4.78 is -1.68. The average Bonchev–Trinajstić information content (AvgIpc) is 2.29. The zero-order valence-corrected chi connectivity index (χ0v) is 9.92. The van der Waals surface area contributed by atoms with E-state index < -0.39 is 27.7 Å². The predicted molar refractivity (Wildman–Crippen MR) is 54.0 cm³/mol. The molecular formula is C7H6Cl3NO5. The van der Waals surface area contributed by atoms with Gasteiger partial charge >= 0.3 is 6.16 Å². The molecule has 1 rings (SSSR count). The Morgan fingerprint density at radius 2 is 2.06 bits per heavy atom. The lowest BCUT2D eigenvalue weighted by Gasteiger charge is -2.14. The van der Waals surface area contributed by atoms with Gasteiger partial charge < -0.3 is 5.11 Å². The molecule has 9 heteroatoms. The quantitative estimate of drug-likeness (QED) is 0.618. The Kier molecular flexibility index (Phi) is 3.88. The van der Waals surface area contributed by atoms with Crippen molar-refractivity contribution in [3.8, 4) is 0 Å². The number of hydroxylamine groups is 2. The van der Waals surface area contributed by atoms with Crippen LogP contribution >= 0.6 is 34.8 Å². The van der Waals surface area contributed by atoms with Crippen LogP contribution in [-0.4, -0.2) is 31.9 Å². The van der Waals surface area contributed by atoms with Crippen molar-refractivity contribution in [3.05, 3.63) is 0 Å². The van der Waals surface area contributed by atoms with Crippen LogP contribution in [0.1, 0.15) is 12.8 Å². The molecule has 1 atom stereocenters. The van der Waals surface area contributed by atoms with E-state index in [1.165, 1.54) is 0 Å². The summed E-state index contributed by atoms with van der Waals surface area (Å²) in [5.74, 6) is -2.47. The highest BCUT2D eigenvalue weighted by Crippen LogP contribution is 2.37. The van der Waals surface area contributed by atoms with Gasteiger partial charge in [-0.05, 0) is 0 Å². The molecule has 90 valence electrons. The molecule has 1 N–H and O–H groups in total. The van der Waals surface area contributed by atoms with Gasteiger partial charge in [-0.1, -0.05) is 39.9 Å². The summed E-state index contributed by atoms with van der Waals surface area (Å²) >= 11 is 16.4. The van der Waals surface area contributed by atoms with Gasteiger partial charge in [-0.25, -0.2) is 4.79 Å². The Hall–Kier alpha value is -0.720. The van der Waals surface area contributed by atoms with Crippen molar-refractivity contribution >= 4 is 52.8 Å². The van der Waals surface area contributed by atoms with E-state index in [1.54, 1.807) is 0 Å². The molecule has 0 bridgehead atoms. The van der Waals surface area contributed by atoms with Gasteiger partial charge in [0.15, 0.2) is 3.79 Å². The fourth-order valence-electron chi connectivity index (χ4n) is 1.28. The number of hydrogen-bond donors (Lipinski definition) is 1. The standard InChI is InChI=1S/C7H6Cl3NO5/c8-7(9,10)2-3-1-4(12)11(5(3)13)16-6(14)15/h3H,1-2H2,(H,14,15). The second-order valence-electron chi connectivity index (χ2n) is 3.10. The molecule has 2 amide bonds. The van der Waals surface area contributed by atoms with E-state index in [0.29, 0.717) is 0 Å². The zero-order chi connectivity index (χ0) is 12.5. The van der Waals surface area contributed by atoms with E-state index >= 15 is 0 Å². The fourth-order valence-corrected chi connectivity index (χ4v) is 1.84. The smallest absolute Gasteiger partial charge is 0.448 e. The average molecular weight is 290 g/mol. The van der Waals surface area contributed by atoms with Crippen LogP contribution in [0.5, 0.6) is 0 Å². The van der Waals surface area contributed by atoms with Gasteiger partial charge in [0.05, 0.1) is 5.92 Å². The molecule has 0 radical (unpaired) electrons. The molecule has 0 saturated carbocycles. The van der Waals surface area contributed by atoms with Gasteiger partial charge in [0.25, 0.3) is 11.8 Å².